The van der Waals surface area contributed by atoms with Gasteiger partial charge in [0.05, 0.1) is 0 Å². The Morgan fingerprint density at radius 1 is 1.08 bits per heavy atom. The van der Waals surface area contributed by atoms with Gasteiger partial charge in [-0.3, -0.25) is 5.10 Å². The van der Waals surface area contributed by atoms with E-state index in [1.54, 1.807) is 6.20 Å². The van der Waals surface area contributed by atoms with Gasteiger partial charge >= 0.3 is 0 Å². The minimum atomic E-state index is 0.635. The van der Waals surface area contributed by atoms with Crippen LogP contribution in [-0.4, -0.2) is 39.8 Å². The van der Waals surface area contributed by atoms with E-state index in [9.17, 15) is 0 Å². The van der Waals surface area contributed by atoms with Gasteiger partial charge in [-0.05, 0) is 50.8 Å². The summed E-state index contributed by atoms with van der Waals surface area (Å²) in [7, 11) is 0. The van der Waals surface area contributed by atoms with E-state index in [1.165, 1.54) is 44.2 Å². The third-order valence-corrected chi connectivity index (χ3v) is 5.31. The zero-order valence-corrected chi connectivity index (χ0v) is 14.6. The molecule has 7 heteroatoms. The molecule has 1 saturated heterocycles. The molecule has 0 radical (unpaired) electrons. The smallest absolute Gasteiger partial charge is 0.224 e. The molecule has 7 nitrogen and oxygen atoms in total. The van der Waals surface area contributed by atoms with E-state index in [2.05, 4.69) is 42.2 Å². The average Bonchev–Trinajstić information content (AvgIpc) is 3.33. The number of aromatic nitrogens is 4. The number of nitrogens with one attached hydrogen (secondary N) is 4. The molecule has 2 fully saturated rings. The maximum Gasteiger partial charge on any atom is 0.224 e. The zero-order valence-electron chi connectivity index (χ0n) is 14.6. The van der Waals surface area contributed by atoms with Crippen LogP contribution in [0.1, 0.15) is 50.1 Å². The summed E-state index contributed by atoms with van der Waals surface area (Å²) < 4.78 is 0. The van der Waals surface area contributed by atoms with E-state index in [1.807, 2.05) is 6.07 Å². The minimum absolute atomic E-state index is 0.635. The van der Waals surface area contributed by atoms with Crippen LogP contribution in [-0.2, 0) is 0 Å². The van der Waals surface area contributed by atoms with Crippen LogP contribution in [0.25, 0.3) is 0 Å². The first-order valence-electron chi connectivity index (χ1n) is 9.47. The SMILES string of the molecule is c1cc(Nc2cc(C3CCCC3)[nH]n2)nc(NCC2CCNCC2)n1. The van der Waals surface area contributed by atoms with Gasteiger partial charge in [0, 0.05) is 30.4 Å². The van der Waals surface area contributed by atoms with Gasteiger partial charge in [0.1, 0.15) is 5.82 Å². The third kappa shape index (κ3) is 4.28. The molecule has 1 aliphatic carbocycles. The maximum atomic E-state index is 4.56. The summed E-state index contributed by atoms with van der Waals surface area (Å²) in [6, 6.07) is 3.99. The lowest BCUT2D eigenvalue weighted by atomic mass is 9.98. The Labute approximate surface area is 148 Å². The van der Waals surface area contributed by atoms with Gasteiger partial charge in [-0.1, -0.05) is 12.8 Å². The van der Waals surface area contributed by atoms with Crippen molar-refractivity contribution in [2.24, 2.45) is 5.92 Å². The van der Waals surface area contributed by atoms with E-state index in [0.29, 0.717) is 17.8 Å². The first-order valence-corrected chi connectivity index (χ1v) is 9.47. The van der Waals surface area contributed by atoms with Crippen LogP contribution < -0.4 is 16.0 Å². The molecule has 2 aromatic heterocycles. The molecule has 0 amide bonds. The minimum Gasteiger partial charge on any atom is -0.354 e. The second kappa shape index (κ2) is 7.82. The monoisotopic (exact) mass is 341 g/mol. The van der Waals surface area contributed by atoms with Gasteiger partial charge in [0.25, 0.3) is 0 Å². The molecule has 0 unspecified atom stereocenters. The lowest BCUT2D eigenvalue weighted by molar-refractivity contribution is 0.389. The van der Waals surface area contributed by atoms with E-state index in [0.717, 1.165) is 31.3 Å². The van der Waals surface area contributed by atoms with E-state index in [4.69, 9.17) is 0 Å². The first kappa shape index (κ1) is 16.3. The van der Waals surface area contributed by atoms with Gasteiger partial charge in [-0.2, -0.15) is 10.1 Å². The van der Waals surface area contributed by atoms with Crippen LogP contribution in [0, 0.1) is 5.92 Å². The van der Waals surface area contributed by atoms with Crippen molar-refractivity contribution in [3.63, 3.8) is 0 Å². The summed E-state index contributed by atoms with van der Waals surface area (Å²) in [6.45, 7) is 3.15. The number of hydrogen-bond donors (Lipinski definition) is 4. The Hall–Kier alpha value is -2.15. The number of anilines is 3. The summed E-state index contributed by atoms with van der Waals surface area (Å²) in [5.41, 5.74) is 1.23. The molecule has 4 rings (SSSR count). The van der Waals surface area contributed by atoms with Crippen molar-refractivity contribution in [3.05, 3.63) is 24.0 Å². The molecule has 2 aliphatic rings. The molecular weight excluding hydrogens is 314 g/mol. The Morgan fingerprint density at radius 2 is 1.92 bits per heavy atom. The van der Waals surface area contributed by atoms with Crippen LogP contribution in [0.15, 0.2) is 18.3 Å². The lowest BCUT2D eigenvalue weighted by Gasteiger charge is -2.22. The van der Waals surface area contributed by atoms with Crippen LogP contribution in [0.4, 0.5) is 17.6 Å². The molecule has 3 heterocycles. The molecule has 0 aromatic carbocycles. The summed E-state index contributed by atoms with van der Waals surface area (Å²) in [6.07, 6.45) is 9.38. The average molecular weight is 341 g/mol. The molecule has 0 spiro atoms. The van der Waals surface area contributed by atoms with E-state index in [-0.39, 0.29) is 0 Å². The molecule has 0 bridgehead atoms. The highest BCUT2D eigenvalue weighted by molar-refractivity contribution is 5.53. The van der Waals surface area contributed by atoms with Crippen molar-refractivity contribution >= 4 is 17.6 Å². The fraction of sp³-hybridized carbons (Fsp3) is 0.611. The highest BCUT2D eigenvalue weighted by Crippen LogP contribution is 2.33. The second-order valence-electron chi connectivity index (χ2n) is 7.15. The zero-order chi connectivity index (χ0) is 16.9. The van der Waals surface area contributed by atoms with E-state index >= 15 is 0 Å². The highest BCUT2D eigenvalue weighted by atomic mass is 15.2. The van der Waals surface area contributed by atoms with Crippen LogP contribution in [0.3, 0.4) is 0 Å². The van der Waals surface area contributed by atoms with Crippen LogP contribution in [0.2, 0.25) is 0 Å². The van der Waals surface area contributed by atoms with Crippen molar-refractivity contribution in [2.75, 3.05) is 30.3 Å². The first-order chi connectivity index (χ1) is 12.4. The predicted octanol–water partition coefficient (Wildman–Crippen LogP) is 3.01. The molecule has 0 atom stereocenters. The Morgan fingerprint density at radius 3 is 2.76 bits per heavy atom. The molecule has 1 aliphatic heterocycles. The summed E-state index contributed by atoms with van der Waals surface area (Å²) in [5.74, 6) is 3.60. The van der Waals surface area contributed by atoms with Gasteiger partial charge in [-0.25, -0.2) is 4.98 Å². The Balaban J connectivity index is 1.34. The summed E-state index contributed by atoms with van der Waals surface area (Å²) >= 11 is 0. The lowest BCUT2D eigenvalue weighted by Crippen LogP contribution is -2.31. The van der Waals surface area contributed by atoms with Gasteiger partial charge < -0.3 is 16.0 Å². The number of rotatable bonds is 6. The predicted molar refractivity (Wildman–Crippen MR) is 99.2 cm³/mol. The highest BCUT2D eigenvalue weighted by Gasteiger charge is 2.19. The van der Waals surface area contributed by atoms with Gasteiger partial charge in [-0.15, -0.1) is 0 Å². The molecule has 1 saturated carbocycles. The molecule has 134 valence electrons. The number of H-pyrrole nitrogens is 1. The van der Waals surface area contributed by atoms with Crippen molar-refractivity contribution in [1.82, 2.24) is 25.5 Å². The number of piperidine rings is 1. The van der Waals surface area contributed by atoms with Crippen molar-refractivity contribution in [2.45, 2.75) is 44.4 Å². The number of nitrogens with zero attached hydrogens (tertiary/aromatic N) is 3. The fourth-order valence-corrected chi connectivity index (χ4v) is 3.81. The quantitative estimate of drug-likeness (QED) is 0.646. The standard InChI is InChI=1S/C18H27N7/c1-2-4-14(3-1)15-11-17(25-24-15)22-16-7-10-20-18(23-16)21-12-13-5-8-19-9-6-13/h7,10-11,13-14,19H,1-6,8-9,12H2,(H3,20,21,22,23,24,25). The molecule has 25 heavy (non-hydrogen) atoms. The van der Waals surface area contributed by atoms with Gasteiger partial charge in [0.15, 0.2) is 5.82 Å². The number of hydrogen-bond acceptors (Lipinski definition) is 6. The van der Waals surface area contributed by atoms with Crippen LogP contribution in [0.5, 0.6) is 0 Å². The Bertz CT molecular complexity index is 672. The largest absolute Gasteiger partial charge is 0.354 e. The normalized spacial score (nSPS) is 19.2. The summed E-state index contributed by atoms with van der Waals surface area (Å²) in [4.78, 5) is 8.88. The van der Waals surface area contributed by atoms with Crippen molar-refractivity contribution in [1.29, 1.82) is 0 Å². The fourth-order valence-electron chi connectivity index (χ4n) is 3.81. The van der Waals surface area contributed by atoms with E-state index < -0.39 is 0 Å². The van der Waals surface area contributed by atoms with Crippen LogP contribution >= 0.6 is 0 Å². The van der Waals surface area contributed by atoms with Crippen molar-refractivity contribution < 1.29 is 0 Å². The van der Waals surface area contributed by atoms with Crippen molar-refractivity contribution in [3.8, 4) is 0 Å². The summed E-state index contributed by atoms with van der Waals surface area (Å²) in [5, 5.41) is 17.6. The maximum absolute atomic E-state index is 4.56. The topological polar surface area (TPSA) is 90.5 Å². The third-order valence-electron chi connectivity index (χ3n) is 5.31. The number of aromatic amines is 1. The molecule has 4 N–H and O–H groups in total. The van der Waals surface area contributed by atoms with Gasteiger partial charge in [0.2, 0.25) is 5.95 Å². The molecular formula is C18H27N7. The second-order valence-corrected chi connectivity index (χ2v) is 7.15. The molecule has 2 aromatic rings. The Kier molecular flexibility index (Phi) is 5.11.